The Morgan fingerprint density at radius 2 is 1.64 bits per heavy atom. The Kier molecular flexibility index (Phi) is 7.61. The van der Waals surface area contributed by atoms with Gasteiger partial charge in [-0.2, -0.15) is 0 Å². The predicted molar refractivity (Wildman–Crippen MR) is 113 cm³/mol. The van der Waals surface area contributed by atoms with E-state index in [0.29, 0.717) is 19.4 Å². The molecule has 0 unspecified atom stereocenters. The van der Waals surface area contributed by atoms with Gasteiger partial charge in [-0.15, -0.1) is 0 Å². The maximum Gasteiger partial charge on any atom is 0.243 e. The molecule has 2 rings (SSSR count). The van der Waals surface area contributed by atoms with Crippen molar-refractivity contribution >= 4 is 17.5 Å². The summed E-state index contributed by atoms with van der Waals surface area (Å²) < 4.78 is 5.71. The van der Waals surface area contributed by atoms with E-state index in [2.05, 4.69) is 5.32 Å². The first kappa shape index (κ1) is 21.5. The van der Waals surface area contributed by atoms with Crippen molar-refractivity contribution < 1.29 is 14.3 Å². The number of para-hydroxylation sites is 1. The predicted octanol–water partition coefficient (Wildman–Crippen LogP) is 4.18. The van der Waals surface area contributed by atoms with Crippen LogP contribution in [0, 0.1) is 27.7 Å². The van der Waals surface area contributed by atoms with Crippen molar-refractivity contribution in [3.63, 3.8) is 0 Å². The lowest BCUT2D eigenvalue weighted by Gasteiger charge is -2.18. The number of carbonyl (C=O) groups excluding carboxylic acids is 2. The van der Waals surface area contributed by atoms with Crippen molar-refractivity contribution in [3.05, 3.63) is 58.7 Å². The van der Waals surface area contributed by atoms with Crippen LogP contribution in [0.3, 0.4) is 0 Å². The summed E-state index contributed by atoms with van der Waals surface area (Å²) in [7, 11) is 1.65. The Bertz CT molecular complexity index is 822. The molecule has 0 saturated heterocycles. The van der Waals surface area contributed by atoms with E-state index in [1.807, 2.05) is 64.1 Å². The topological polar surface area (TPSA) is 58.6 Å². The summed E-state index contributed by atoms with van der Waals surface area (Å²) in [5.74, 6) is 0.578. The second-order valence-corrected chi connectivity index (χ2v) is 7.29. The molecule has 0 fully saturated rings. The summed E-state index contributed by atoms with van der Waals surface area (Å²) in [6, 6.07) is 11.9. The number of anilines is 1. The van der Waals surface area contributed by atoms with Crippen LogP contribution in [0.5, 0.6) is 5.75 Å². The Labute approximate surface area is 167 Å². The molecule has 5 heteroatoms. The lowest BCUT2D eigenvalue weighted by molar-refractivity contribution is -0.133. The van der Waals surface area contributed by atoms with Crippen LogP contribution in [0.15, 0.2) is 36.4 Å². The van der Waals surface area contributed by atoms with Crippen LogP contribution < -0.4 is 10.1 Å². The van der Waals surface area contributed by atoms with E-state index in [1.165, 1.54) is 4.90 Å². The minimum Gasteiger partial charge on any atom is -0.493 e. The number of amides is 2. The first-order valence-corrected chi connectivity index (χ1v) is 9.58. The van der Waals surface area contributed by atoms with E-state index in [-0.39, 0.29) is 18.4 Å². The van der Waals surface area contributed by atoms with Crippen LogP contribution in [0.2, 0.25) is 0 Å². The summed E-state index contributed by atoms with van der Waals surface area (Å²) >= 11 is 0. The molecule has 0 spiro atoms. The van der Waals surface area contributed by atoms with Crippen molar-refractivity contribution in [2.24, 2.45) is 0 Å². The molecule has 0 saturated carbocycles. The third-order valence-corrected chi connectivity index (χ3v) is 4.63. The smallest absolute Gasteiger partial charge is 0.243 e. The molecule has 150 valence electrons. The molecule has 0 aliphatic carbocycles. The van der Waals surface area contributed by atoms with Crippen molar-refractivity contribution in [3.8, 4) is 5.75 Å². The van der Waals surface area contributed by atoms with Gasteiger partial charge in [0.05, 0.1) is 13.2 Å². The van der Waals surface area contributed by atoms with Crippen LogP contribution in [-0.4, -0.2) is 36.9 Å². The number of carbonyl (C=O) groups is 2. The van der Waals surface area contributed by atoms with Crippen LogP contribution >= 0.6 is 0 Å². The molecule has 5 nitrogen and oxygen atoms in total. The van der Waals surface area contributed by atoms with Crippen molar-refractivity contribution in [2.45, 2.75) is 40.5 Å². The summed E-state index contributed by atoms with van der Waals surface area (Å²) in [5.41, 5.74) is 5.10. The highest BCUT2D eigenvalue weighted by atomic mass is 16.5. The van der Waals surface area contributed by atoms with Crippen LogP contribution in [0.25, 0.3) is 0 Å². The minimum absolute atomic E-state index is 0.0320. The molecular weight excluding hydrogens is 352 g/mol. The number of nitrogens with one attached hydrogen (secondary N) is 1. The molecule has 0 heterocycles. The molecule has 28 heavy (non-hydrogen) atoms. The van der Waals surface area contributed by atoms with Gasteiger partial charge in [0.25, 0.3) is 0 Å². The van der Waals surface area contributed by atoms with Gasteiger partial charge in [-0.25, -0.2) is 0 Å². The maximum absolute atomic E-state index is 12.3. The second-order valence-electron chi connectivity index (χ2n) is 7.29. The molecule has 2 aromatic carbocycles. The summed E-state index contributed by atoms with van der Waals surface area (Å²) in [6.07, 6.45) is 0.952. The Morgan fingerprint density at radius 1 is 1.00 bits per heavy atom. The highest BCUT2D eigenvalue weighted by molar-refractivity contribution is 5.95. The number of aryl methyl sites for hydroxylation is 4. The fraction of sp³-hybridized carbons (Fsp3) is 0.391. The van der Waals surface area contributed by atoms with Gasteiger partial charge < -0.3 is 15.0 Å². The Morgan fingerprint density at radius 3 is 2.29 bits per heavy atom. The van der Waals surface area contributed by atoms with Crippen molar-refractivity contribution in [1.82, 2.24) is 4.90 Å². The van der Waals surface area contributed by atoms with Crippen LogP contribution in [0.4, 0.5) is 5.69 Å². The fourth-order valence-corrected chi connectivity index (χ4v) is 3.17. The first-order valence-electron chi connectivity index (χ1n) is 9.58. The molecule has 2 amide bonds. The number of likely N-dealkylation sites (N-methyl/N-ethyl adjacent to an activating group) is 1. The summed E-state index contributed by atoms with van der Waals surface area (Å²) in [4.78, 5) is 26.1. The largest absolute Gasteiger partial charge is 0.493 e. The zero-order chi connectivity index (χ0) is 20.7. The molecular formula is C23H30N2O3. The number of nitrogens with zero attached hydrogens (tertiary/aromatic N) is 1. The number of ether oxygens (including phenoxy) is 1. The molecule has 0 atom stereocenters. The standard InChI is InChI=1S/C23H30N2O3/c1-16-13-18(3)23(19(4)14-16)24-21(26)15-25(5)22(27)11-8-12-28-20-10-7-6-9-17(20)2/h6-7,9-10,13-14H,8,11-12,15H2,1-5H3,(H,24,26). The molecule has 0 aliphatic rings. The third-order valence-electron chi connectivity index (χ3n) is 4.63. The van der Waals surface area contributed by atoms with E-state index in [9.17, 15) is 9.59 Å². The zero-order valence-electron chi connectivity index (χ0n) is 17.5. The summed E-state index contributed by atoms with van der Waals surface area (Å²) in [6.45, 7) is 8.46. The molecule has 2 aromatic rings. The highest BCUT2D eigenvalue weighted by Gasteiger charge is 2.14. The minimum atomic E-state index is -0.193. The lowest BCUT2D eigenvalue weighted by Crippen LogP contribution is -2.35. The van der Waals surface area contributed by atoms with E-state index >= 15 is 0 Å². The average Bonchev–Trinajstić information content (AvgIpc) is 2.62. The average molecular weight is 383 g/mol. The van der Waals surface area contributed by atoms with E-state index in [4.69, 9.17) is 4.74 Å². The fourth-order valence-electron chi connectivity index (χ4n) is 3.17. The normalized spacial score (nSPS) is 10.5. The Hall–Kier alpha value is -2.82. The molecule has 1 N–H and O–H groups in total. The number of hydrogen-bond acceptors (Lipinski definition) is 3. The monoisotopic (exact) mass is 382 g/mol. The van der Waals surface area contributed by atoms with Gasteiger partial charge in [0, 0.05) is 19.2 Å². The Balaban J connectivity index is 1.77. The number of rotatable bonds is 8. The first-order chi connectivity index (χ1) is 13.3. The SMILES string of the molecule is Cc1cc(C)c(NC(=O)CN(C)C(=O)CCCOc2ccccc2C)c(C)c1. The summed E-state index contributed by atoms with van der Waals surface area (Å²) in [5, 5.41) is 2.93. The van der Waals surface area contributed by atoms with E-state index in [0.717, 1.165) is 33.7 Å². The van der Waals surface area contributed by atoms with Crippen LogP contribution in [0.1, 0.15) is 35.1 Å². The van der Waals surface area contributed by atoms with E-state index < -0.39 is 0 Å². The van der Waals surface area contributed by atoms with Gasteiger partial charge in [-0.3, -0.25) is 9.59 Å². The molecule has 0 radical (unpaired) electrons. The highest BCUT2D eigenvalue weighted by Crippen LogP contribution is 2.22. The lowest BCUT2D eigenvalue weighted by atomic mass is 10.1. The van der Waals surface area contributed by atoms with Crippen molar-refractivity contribution in [2.75, 3.05) is 25.5 Å². The second kappa shape index (κ2) is 9.93. The third kappa shape index (κ3) is 6.12. The van der Waals surface area contributed by atoms with Gasteiger partial charge in [0.1, 0.15) is 5.75 Å². The molecule has 0 bridgehead atoms. The molecule has 0 aromatic heterocycles. The van der Waals surface area contributed by atoms with Crippen LogP contribution in [-0.2, 0) is 9.59 Å². The van der Waals surface area contributed by atoms with Gasteiger partial charge in [0.15, 0.2) is 0 Å². The van der Waals surface area contributed by atoms with Gasteiger partial charge in [-0.1, -0.05) is 35.9 Å². The van der Waals surface area contributed by atoms with Gasteiger partial charge in [0.2, 0.25) is 11.8 Å². The zero-order valence-corrected chi connectivity index (χ0v) is 17.5. The maximum atomic E-state index is 12.3. The quantitative estimate of drug-likeness (QED) is 0.697. The van der Waals surface area contributed by atoms with E-state index in [1.54, 1.807) is 7.05 Å². The van der Waals surface area contributed by atoms with Gasteiger partial charge >= 0.3 is 0 Å². The number of hydrogen-bond donors (Lipinski definition) is 1. The van der Waals surface area contributed by atoms with Gasteiger partial charge in [-0.05, 0) is 56.9 Å². The number of benzene rings is 2. The van der Waals surface area contributed by atoms with Crippen molar-refractivity contribution in [1.29, 1.82) is 0 Å². The molecule has 0 aliphatic heterocycles.